The summed E-state index contributed by atoms with van der Waals surface area (Å²) in [5, 5.41) is 0. The first kappa shape index (κ1) is 18.5. The fourth-order valence-corrected chi connectivity index (χ4v) is 4.70. The van der Waals surface area contributed by atoms with Gasteiger partial charge in [-0.3, -0.25) is 14.7 Å². The highest BCUT2D eigenvalue weighted by Gasteiger charge is 2.32. The van der Waals surface area contributed by atoms with Gasteiger partial charge in [-0.1, -0.05) is 12.1 Å². The Kier molecular flexibility index (Phi) is 5.08. The summed E-state index contributed by atoms with van der Waals surface area (Å²) in [6.45, 7) is 2.92. The van der Waals surface area contributed by atoms with Crippen LogP contribution in [0.4, 0.5) is 4.39 Å². The molecule has 26 heavy (non-hydrogen) atoms. The minimum absolute atomic E-state index is 0.00871. The Bertz CT molecular complexity index is 1010. The first-order chi connectivity index (χ1) is 12.3. The molecule has 2 heterocycles. The second-order valence-electron chi connectivity index (χ2n) is 6.22. The molecule has 1 fully saturated rings. The second kappa shape index (κ2) is 7.14. The molecule has 8 nitrogen and oxygen atoms in total. The average Bonchev–Trinajstić information content (AvgIpc) is 2.56. The van der Waals surface area contributed by atoms with Gasteiger partial charge in [0.2, 0.25) is 0 Å². The molecule has 0 aliphatic carbocycles. The van der Waals surface area contributed by atoms with E-state index < -0.39 is 26.2 Å². The Morgan fingerprint density at radius 3 is 2.46 bits per heavy atom. The van der Waals surface area contributed by atoms with Crippen LogP contribution in [-0.2, 0) is 16.6 Å². The largest absolute Gasteiger partial charge is 0.325 e. The van der Waals surface area contributed by atoms with Gasteiger partial charge in [0.05, 0.1) is 6.67 Å². The number of rotatable bonds is 4. The molecule has 1 aliphatic heterocycles. The van der Waals surface area contributed by atoms with Crippen LogP contribution in [0, 0.1) is 12.7 Å². The number of aryl methyl sites for hydroxylation is 1. The summed E-state index contributed by atoms with van der Waals surface area (Å²) in [5.41, 5.74) is -0.803. The number of H-pyrrole nitrogens is 2. The molecule has 1 saturated heterocycles. The van der Waals surface area contributed by atoms with Crippen LogP contribution in [0.15, 0.2) is 38.8 Å². The molecule has 2 aromatic rings. The number of aromatic nitrogens is 2. The van der Waals surface area contributed by atoms with E-state index in [1.165, 1.54) is 23.4 Å². The van der Waals surface area contributed by atoms with Crippen LogP contribution in [0.25, 0.3) is 0 Å². The van der Waals surface area contributed by atoms with Gasteiger partial charge in [0.15, 0.2) is 4.90 Å². The molecule has 10 heteroatoms. The Hall–Kier alpha value is -2.30. The quantitative estimate of drug-likeness (QED) is 0.794. The van der Waals surface area contributed by atoms with Crippen molar-refractivity contribution < 1.29 is 12.8 Å². The Morgan fingerprint density at radius 1 is 1.12 bits per heavy atom. The zero-order valence-corrected chi connectivity index (χ0v) is 15.0. The van der Waals surface area contributed by atoms with E-state index in [2.05, 4.69) is 4.98 Å². The molecule has 0 unspecified atom stereocenters. The van der Waals surface area contributed by atoms with E-state index in [-0.39, 0.29) is 24.7 Å². The van der Waals surface area contributed by atoms with Gasteiger partial charge in [0.1, 0.15) is 5.82 Å². The highest BCUT2D eigenvalue weighted by Crippen LogP contribution is 2.19. The molecule has 0 saturated carbocycles. The first-order valence-electron chi connectivity index (χ1n) is 8.07. The molecule has 1 aliphatic rings. The molecule has 3 rings (SSSR count). The molecule has 0 atom stereocenters. The van der Waals surface area contributed by atoms with E-state index in [1.807, 2.05) is 9.88 Å². The predicted octanol–water partition coefficient (Wildman–Crippen LogP) is 0.365. The minimum atomic E-state index is -4.05. The van der Waals surface area contributed by atoms with Gasteiger partial charge >= 0.3 is 5.69 Å². The van der Waals surface area contributed by atoms with Gasteiger partial charge in [-0.15, -0.1) is 0 Å². The molecule has 0 bridgehead atoms. The van der Waals surface area contributed by atoms with Gasteiger partial charge in [-0.2, -0.15) is 4.31 Å². The molecular formula is C16H19FN4O4S. The van der Waals surface area contributed by atoms with Crippen molar-refractivity contribution in [1.29, 1.82) is 0 Å². The maximum Gasteiger partial charge on any atom is 0.325 e. The third kappa shape index (κ3) is 3.76. The molecular weight excluding hydrogens is 363 g/mol. The van der Waals surface area contributed by atoms with E-state index in [0.29, 0.717) is 19.5 Å². The van der Waals surface area contributed by atoms with E-state index in [0.717, 1.165) is 5.56 Å². The van der Waals surface area contributed by atoms with E-state index in [9.17, 15) is 22.4 Å². The fourth-order valence-electron chi connectivity index (χ4n) is 3.04. The maximum absolute atomic E-state index is 13.0. The number of nitrogens with zero attached hydrogens (tertiary/aromatic N) is 2. The van der Waals surface area contributed by atoms with Crippen LogP contribution in [-0.4, -0.2) is 47.3 Å². The summed E-state index contributed by atoms with van der Waals surface area (Å²) in [6, 6.07) is 6.02. The van der Waals surface area contributed by atoms with E-state index in [4.69, 9.17) is 0 Å². The summed E-state index contributed by atoms with van der Waals surface area (Å²) in [6.07, 6.45) is 0.598. The number of halogens is 1. The molecule has 2 N–H and O–H groups in total. The predicted molar refractivity (Wildman–Crippen MR) is 92.6 cm³/mol. The Balaban J connectivity index is 1.83. The topological polar surface area (TPSA) is 106 Å². The number of benzene rings is 1. The van der Waals surface area contributed by atoms with Gasteiger partial charge in [-0.05, 0) is 31.0 Å². The molecule has 1 aromatic carbocycles. The monoisotopic (exact) mass is 382 g/mol. The lowest BCUT2D eigenvalue weighted by atomic mass is 10.2. The number of hydrogen-bond acceptors (Lipinski definition) is 5. The SMILES string of the molecule is Cc1[nH]c(=O)[nH]c(=O)c1S(=O)(=O)N1CCCN(Cc2ccc(F)cc2)C1. The third-order valence-corrected chi connectivity index (χ3v) is 6.22. The maximum atomic E-state index is 13.0. The molecule has 0 radical (unpaired) electrons. The Labute approximate surface area is 149 Å². The zero-order valence-electron chi connectivity index (χ0n) is 14.2. The number of sulfonamides is 1. The molecule has 0 amide bonds. The van der Waals surface area contributed by atoms with Crippen molar-refractivity contribution in [2.45, 2.75) is 24.8 Å². The van der Waals surface area contributed by atoms with Crippen LogP contribution in [0.3, 0.4) is 0 Å². The van der Waals surface area contributed by atoms with Gasteiger partial charge < -0.3 is 4.98 Å². The number of hydrogen-bond donors (Lipinski definition) is 2. The Morgan fingerprint density at radius 2 is 1.81 bits per heavy atom. The van der Waals surface area contributed by atoms with Crippen LogP contribution >= 0.6 is 0 Å². The summed E-state index contributed by atoms with van der Waals surface area (Å²) in [4.78, 5) is 29.1. The smallest absolute Gasteiger partial charge is 0.310 e. The first-order valence-corrected chi connectivity index (χ1v) is 9.51. The lowest BCUT2D eigenvalue weighted by molar-refractivity contribution is 0.140. The van der Waals surface area contributed by atoms with E-state index in [1.54, 1.807) is 12.1 Å². The minimum Gasteiger partial charge on any atom is -0.310 e. The summed E-state index contributed by atoms with van der Waals surface area (Å²) < 4.78 is 40.0. The summed E-state index contributed by atoms with van der Waals surface area (Å²) >= 11 is 0. The van der Waals surface area contributed by atoms with Crippen LogP contribution < -0.4 is 11.2 Å². The second-order valence-corrected chi connectivity index (χ2v) is 8.09. The summed E-state index contributed by atoms with van der Waals surface area (Å²) in [7, 11) is -4.05. The van der Waals surface area contributed by atoms with Crippen molar-refractivity contribution >= 4 is 10.0 Å². The average molecular weight is 382 g/mol. The van der Waals surface area contributed by atoms with Crippen molar-refractivity contribution in [2.24, 2.45) is 0 Å². The molecule has 140 valence electrons. The lowest BCUT2D eigenvalue weighted by Gasteiger charge is -2.34. The highest BCUT2D eigenvalue weighted by atomic mass is 32.2. The normalized spacial score (nSPS) is 16.7. The fraction of sp³-hybridized carbons (Fsp3) is 0.375. The van der Waals surface area contributed by atoms with Crippen molar-refractivity contribution in [3.05, 3.63) is 62.2 Å². The molecule has 1 aromatic heterocycles. The lowest BCUT2D eigenvalue weighted by Crippen LogP contribution is -2.48. The number of nitrogens with one attached hydrogen (secondary N) is 2. The highest BCUT2D eigenvalue weighted by molar-refractivity contribution is 7.89. The third-order valence-electron chi connectivity index (χ3n) is 4.23. The summed E-state index contributed by atoms with van der Waals surface area (Å²) in [5.74, 6) is -0.329. The molecule has 0 spiro atoms. The number of aromatic amines is 2. The van der Waals surface area contributed by atoms with Crippen LogP contribution in [0.1, 0.15) is 17.7 Å². The zero-order chi connectivity index (χ0) is 18.9. The van der Waals surface area contributed by atoms with Crippen molar-refractivity contribution in [3.63, 3.8) is 0 Å². The van der Waals surface area contributed by atoms with Crippen molar-refractivity contribution in [1.82, 2.24) is 19.2 Å². The van der Waals surface area contributed by atoms with Crippen molar-refractivity contribution in [3.8, 4) is 0 Å². The van der Waals surface area contributed by atoms with Gasteiger partial charge in [0, 0.05) is 25.3 Å². The van der Waals surface area contributed by atoms with Crippen LogP contribution in [0.2, 0.25) is 0 Å². The standard InChI is InChI=1S/C16H19FN4O4S/c1-11-14(15(22)19-16(23)18-11)26(24,25)21-8-2-7-20(10-21)9-12-3-5-13(17)6-4-12/h3-6H,2,7-10H2,1H3,(H2,18,19,22,23). The van der Waals surface area contributed by atoms with E-state index >= 15 is 0 Å². The van der Waals surface area contributed by atoms with Crippen LogP contribution in [0.5, 0.6) is 0 Å². The van der Waals surface area contributed by atoms with Crippen molar-refractivity contribution in [2.75, 3.05) is 19.8 Å². The van der Waals surface area contributed by atoms with Gasteiger partial charge in [0.25, 0.3) is 15.6 Å². The van der Waals surface area contributed by atoms with Gasteiger partial charge in [-0.25, -0.2) is 17.6 Å².